The fourth-order valence-corrected chi connectivity index (χ4v) is 0.990. The minimum Gasteiger partial charge on any atom is -0.506 e. The van der Waals surface area contributed by atoms with Crippen LogP contribution in [0.25, 0.3) is 6.08 Å². The van der Waals surface area contributed by atoms with Crippen molar-refractivity contribution in [1.29, 1.82) is 0 Å². The van der Waals surface area contributed by atoms with E-state index < -0.39 is 0 Å². The number of nitrogen functional groups attached to an aromatic ring is 1. The van der Waals surface area contributed by atoms with Crippen LogP contribution in [0.3, 0.4) is 0 Å². The Hall–Kier alpha value is -1.48. The van der Waals surface area contributed by atoms with Crippen LogP contribution >= 0.6 is 0 Å². The summed E-state index contributed by atoms with van der Waals surface area (Å²) in [7, 11) is 1.88. The van der Waals surface area contributed by atoms with Crippen LogP contribution in [0.1, 0.15) is 5.56 Å². The van der Waals surface area contributed by atoms with Crippen molar-refractivity contribution in [2.24, 2.45) is 0 Å². The van der Waals surface area contributed by atoms with Crippen LogP contribution < -0.4 is 11.1 Å². The van der Waals surface area contributed by atoms with Crippen molar-refractivity contribution in [2.75, 3.05) is 19.3 Å². The maximum absolute atomic E-state index is 9.15. The molecule has 0 aliphatic rings. The quantitative estimate of drug-likeness (QED) is 0.481. The van der Waals surface area contributed by atoms with Gasteiger partial charge in [0.25, 0.3) is 0 Å². The van der Waals surface area contributed by atoms with Gasteiger partial charge in [-0.3, -0.25) is 0 Å². The lowest BCUT2D eigenvalue weighted by Gasteiger charge is -1.99. The highest BCUT2D eigenvalue weighted by atomic mass is 16.3. The average Bonchev–Trinajstić information content (AvgIpc) is 2.12. The summed E-state index contributed by atoms with van der Waals surface area (Å²) in [6.45, 7) is 0.820. The van der Waals surface area contributed by atoms with Gasteiger partial charge in [-0.2, -0.15) is 0 Å². The fourth-order valence-electron chi connectivity index (χ4n) is 0.990. The maximum Gasteiger partial charge on any atom is 0.138 e. The highest BCUT2D eigenvalue weighted by molar-refractivity contribution is 5.61. The summed E-state index contributed by atoms with van der Waals surface area (Å²) in [5, 5.41) is 12.2. The Morgan fingerprint density at radius 1 is 1.54 bits per heavy atom. The first kappa shape index (κ1) is 9.61. The Labute approximate surface area is 77.9 Å². The molecule has 1 aromatic rings. The Bertz CT molecular complexity index is 308. The molecule has 0 atom stereocenters. The van der Waals surface area contributed by atoms with Gasteiger partial charge in [-0.05, 0) is 24.7 Å². The van der Waals surface area contributed by atoms with Crippen molar-refractivity contribution in [3.05, 3.63) is 29.8 Å². The molecule has 0 unspecified atom stereocenters. The lowest BCUT2D eigenvalue weighted by atomic mass is 10.2. The molecule has 4 N–H and O–H groups in total. The summed E-state index contributed by atoms with van der Waals surface area (Å²) in [6, 6.07) is 5.15. The van der Waals surface area contributed by atoms with Crippen molar-refractivity contribution in [1.82, 2.24) is 5.32 Å². The van der Waals surface area contributed by atoms with Gasteiger partial charge in [-0.25, -0.2) is 0 Å². The first-order valence-corrected chi connectivity index (χ1v) is 4.13. The van der Waals surface area contributed by atoms with E-state index in [1.807, 2.05) is 25.3 Å². The molecule has 0 bridgehead atoms. The summed E-state index contributed by atoms with van der Waals surface area (Å²) in [5.74, 6) is 0.130. The number of hydrogen-bond acceptors (Lipinski definition) is 3. The van der Waals surface area contributed by atoms with Gasteiger partial charge in [0, 0.05) is 6.54 Å². The SMILES string of the molecule is CNCC=Cc1ccc(O)c(N)c1. The molecule has 0 aliphatic carbocycles. The van der Waals surface area contributed by atoms with E-state index in [-0.39, 0.29) is 5.75 Å². The number of phenols is 1. The third-order valence-electron chi connectivity index (χ3n) is 1.68. The van der Waals surface area contributed by atoms with E-state index in [0.29, 0.717) is 5.69 Å². The number of nitrogens with two attached hydrogens (primary N) is 1. The molecule has 0 aromatic heterocycles. The van der Waals surface area contributed by atoms with Gasteiger partial charge in [-0.1, -0.05) is 18.2 Å². The van der Waals surface area contributed by atoms with Gasteiger partial charge in [-0.15, -0.1) is 0 Å². The van der Waals surface area contributed by atoms with Crippen molar-refractivity contribution in [2.45, 2.75) is 0 Å². The van der Waals surface area contributed by atoms with Crippen molar-refractivity contribution >= 4 is 11.8 Å². The van der Waals surface area contributed by atoms with Crippen molar-refractivity contribution in [3.63, 3.8) is 0 Å². The third-order valence-corrected chi connectivity index (χ3v) is 1.68. The van der Waals surface area contributed by atoms with Gasteiger partial charge < -0.3 is 16.2 Å². The summed E-state index contributed by atoms with van der Waals surface area (Å²) in [5.41, 5.74) is 6.93. The van der Waals surface area contributed by atoms with Crippen LogP contribution in [0.15, 0.2) is 24.3 Å². The van der Waals surface area contributed by atoms with Crippen LogP contribution in [-0.2, 0) is 0 Å². The summed E-state index contributed by atoms with van der Waals surface area (Å²) in [6.07, 6.45) is 3.94. The van der Waals surface area contributed by atoms with Crippen LogP contribution in [-0.4, -0.2) is 18.7 Å². The normalized spacial score (nSPS) is 10.8. The minimum absolute atomic E-state index is 0.130. The predicted molar refractivity (Wildman–Crippen MR) is 55.5 cm³/mol. The molecule has 1 aromatic carbocycles. The molecular formula is C10H14N2O. The maximum atomic E-state index is 9.15. The molecule has 0 saturated heterocycles. The second kappa shape index (κ2) is 4.52. The second-order valence-electron chi connectivity index (χ2n) is 2.78. The molecule has 0 fully saturated rings. The molecule has 3 nitrogen and oxygen atoms in total. The molecule has 13 heavy (non-hydrogen) atoms. The van der Waals surface area contributed by atoms with Crippen LogP contribution in [0.5, 0.6) is 5.75 Å². The number of phenolic OH excluding ortho intramolecular Hbond substituents is 1. The van der Waals surface area contributed by atoms with E-state index in [9.17, 15) is 0 Å². The zero-order chi connectivity index (χ0) is 9.68. The van der Waals surface area contributed by atoms with Gasteiger partial charge in [0.2, 0.25) is 0 Å². The van der Waals surface area contributed by atoms with E-state index in [4.69, 9.17) is 10.8 Å². The second-order valence-corrected chi connectivity index (χ2v) is 2.78. The number of aromatic hydroxyl groups is 1. The number of hydrogen-bond donors (Lipinski definition) is 3. The average molecular weight is 178 g/mol. The van der Waals surface area contributed by atoms with E-state index in [2.05, 4.69) is 5.32 Å². The smallest absolute Gasteiger partial charge is 0.138 e. The fraction of sp³-hybridized carbons (Fsp3) is 0.200. The number of anilines is 1. The molecule has 0 aliphatic heterocycles. The Balaban J connectivity index is 2.73. The third kappa shape index (κ3) is 2.80. The first-order chi connectivity index (χ1) is 6.24. The summed E-state index contributed by atoms with van der Waals surface area (Å²) in [4.78, 5) is 0. The highest BCUT2D eigenvalue weighted by Crippen LogP contribution is 2.20. The van der Waals surface area contributed by atoms with E-state index in [1.165, 1.54) is 0 Å². The van der Waals surface area contributed by atoms with Crippen molar-refractivity contribution in [3.8, 4) is 5.75 Å². The first-order valence-electron chi connectivity index (χ1n) is 4.13. The Morgan fingerprint density at radius 3 is 2.92 bits per heavy atom. The molecule has 1 rings (SSSR count). The topological polar surface area (TPSA) is 58.3 Å². The summed E-state index contributed by atoms with van der Waals surface area (Å²) < 4.78 is 0. The lowest BCUT2D eigenvalue weighted by molar-refractivity contribution is 0.478. The molecule has 0 heterocycles. The molecule has 70 valence electrons. The van der Waals surface area contributed by atoms with Crippen LogP contribution in [0, 0.1) is 0 Å². The number of likely N-dealkylation sites (N-methyl/N-ethyl adjacent to an activating group) is 1. The zero-order valence-electron chi connectivity index (χ0n) is 7.62. The Morgan fingerprint density at radius 2 is 2.31 bits per heavy atom. The predicted octanol–water partition coefficient (Wildman–Crippen LogP) is 1.21. The van der Waals surface area contributed by atoms with E-state index in [1.54, 1.807) is 12.1 Å². The molecule has 0 spiro atoms. The van der Waals surface area contributed by atoms with Gasteiger partial charge in [0.05, 0.1) is 5.69 Å². The van der Waals surface area contributed by atoms with Crippen LogP contribution in [0.2, 0.25) is 0 Å². The van der Waals surface area contributed by atoms with Crippen molar-refractivity contribution < 1.29 is 5.11 Å². The monoisotopic (exact) mass is 178 g/mol. The van der Waals surface area contributed by atoms with E-state index in [0.717, 1.165) is 12.1 Å². The largest absolute Gasteiger partial charge is 0.506 e. The van der Waals surface area contributed by atoms with E-state index >= 15 is 0 Å². The molecule has 0 radical (unpaired) electrons. The Kier molecular flexibility index (Phi) is 3.34. The molecule has 0 amide bonds. The lowest BCUT2D eigenvalue weighted by Crippen LogP contribution is -2.03. The van der Waals surface area contributed by atoms with Crippen LogP contribution in [0.4, 0.5) is 5.69 Å². The minimum atomic E-state index is 0.130. The van der Waals surface area contributed by atoms with Gasteiger partial charge >= 0.3 is 0 Å². The van der Waals surface area contributed by atoms with Gasteiger partial charge in [0.15, 0.2) is 0 Å². The number of nitrogens with one attached hydrogen (secondary N) is 1. The highest BCUT2D eigenvalue weighted by Gasteiger charge is 1.94. The number of rotatable bonds is 3. The number of benzene rings is 1. The molecule has 0 saturated carbocycles. The zero-order valence-corrected chi connectivity index (χ0v) is 7.62. The standard InChI is InChI=1S/C10H14N2O/c1-12-6-2-3-8-4-5-10(13)9(11)7-8/h2-5,7,12-13H,6,11H2,1H3. The van der Waals surface area contributed by atoms with Gasteiger partial charge in [0.1, 0.15) is 5.75 Å². The molecular weight excluding hydrogens is 164 g/mol. The summed E-state index contributed by atoms with van der Waals surface area (Å²) >= 11 is 0. The molecule has 3 heteroatoms.